The quantitative estimate of drug-likeness (QED) is 0.862. The lowest BCUT2D eigenvalue weighted by atomic mass is 9.91. The number of H-pyrrole nitrogens is 1. The summed E-state index contributed by atoms with van der Waals surface area (Å²) in [7, 11) is 0. The van der Waals surface area contributed by atoms with Crippen molar-refractivity contribution in [1.29, 1.82) is 0 Å². The van der Waals surface area contributed by atoms with E-state index in [1.54, 1.807) is 0 Å². The third-order valence-electron chi connectivity index (χ3n) is 4.43. The van der Waals surface area contributed by atoms with Crippen molar-refractivity contribution in [2.75, 3.05) is 0 Å². The number of aromatic nitrogens is 1. The minimum absolute atomic E-state index is 0.165. The predicted molar refractivity (Wildman–Crippen MR) is 82.5 cm³/mol. The zero-order chi connectivity index (χ0) is 13.7. The Hall–Kier alpha value is -1.29. The molecule has 1 aromatic heterocycles. The molecule has 104 valence electrons. The Bertz CT molecular complexity index is 687. The average Bonchev–Trinajstić information content (AvgIpc) is 3.22. The summed E-state index contributed by atoms with van der Waals surface area (Å²) >= 11 is 3.54. The van der Waals surface area contributed by atoms with E-state index in [1.165, 1.54) is 22.2 Å². The summed E-state index contributed by atoms with van der Waals surface area (Å²) in [4.78, 5) is 15.5. The smallest absolute Gasteiger partial charge is 0.223 e. The van der Waals surface area contributed by atoms with Crippen LogP contribution >= 0.6 is 15.9 Å². The van der Waals surface area contributed by atoms with Crippen molar-refractivity contribution in [3.8, 4) is 0 Å². The van der Waals surface area contributed by atoms with E-state index in [0.29, 0.717) is 0 Å². The van der Waals surface area contributed by atoms with Gasteiger partial charge in [0.15, 0.2) is 0 Å². The molecule has 0 radical (unpaired) electrons. The molecule has 1 heterocycles. The maximum atomic E-state index is 12.0. The standard InChI is InChI=1S/C16H17BrN2O/c17-10-6-7-13-12(8-10)11-2-1-3-14(15(11)18-13)19-16(20)9-4-5-9/h6-9,14,18H,1-5H2,(H,19,20). The van der Waals surface area contributed by atoms with E-state index in [0.717, 1.165) is 36.6 Å². The maximum absolute atomic E-state index is 12.0. The van der Waals surface area contributed by atoms with Gasteiger partial charge in [0.2, 0.25) is 5.91 Å². The molecule has 1 aromatic carbocycles. The van der Waals surface area contributed by atoms with Crippen LogP contribution in [0.5, 0.6) is 0 Å². The van der Waals surface area contributed by atoms with Crippen LogP contribution in [0.4, 0.5) is 0 Å². The number of nitrogens with one attached hydrogen (secondary N) is 2. The van der Waals surface area contributed by atoms with Gasteiger partial charge >= 0.3 is 0 Å². The number of hydrogen-bond donors (Lipinski definition) is 2. The molecule has 2 aromatic rings. The Morgan fingerprint density at radius 1 is 1.30 bits per heavy atom. The summed E-state index contributed by atoms with van der Waals surface area (Å²) in [6, 6.07) is 6.51. The van der Waals surface area contributed by atoms with Gasteiger partial charge in [-0.2, -0.15) is 0 Å². The summed E-state index contributed by atoms with van der Waals surface area (Å²) in [5, 5.41) is 4.52. The van der Waals surface area contributed by atoms with Gasteiger partial charge in [-0.15, -0.1) is 0 Å². The molecule has 4 rings (SSSR count). The van der Waals surface area contributed by atoms with Crippen LogP contribution in [-0.2, 0) is 11.2 Å². The molecular weight excluding hydrogens is 316 g/mol. The van der Waals surface area contributed by atoms with Crippen LogP contribution in [0.1, 0.15) is 43.0 Å². The van der Waals surface area contributed by atoms with Crippen LogP contribution < -0.4 is 5.32 Å². The number of carbonyl (C=O) groups excluding carboxylic acids is 1. The van der Waals surface area contributed by atoms with Crippen LogP contribution in [0.25, 0.3) is 10.9 Å². The predicted octanol–water partition coefficient (Wildman–Crippen LogP) is 3.83. The van der Waals surface area contributed by atoms with Gasteiger partial charge in [-0.05, 0) is 55.9 Å². The third-order valence-corrected chi connectivity index (χ3v) is 4.93. The van der Waals surface area contributed by atoms with Crippen molar-refractivity contribution in [2.24, 2.45) is 5.92 Å². The first-order chi connectivity index (χ1) is 9.72. The highest BCUT2D eigenvalue weighted by Crippen LogP contribution is 2.37. The average molecular weight is 333 g/mol. The second-order valence-electron chi connectivity index (χ2n) is 5.93. The number of aromatic amines is 1. The van der Waals surface area contributed by atoms with E-state index in [4.69, 9.17) is 0 Å². The van der Waals surface area contributed by atoms with Crippen molar-refractivity contribution in [3.63, 3.8) is 0 Å². The minimum Gasteiger partial charge on any atom is -0.356 e. The molecule has 1 amide bonds. The first-order valence-corrected chi connectivity index (χ1v) is 8.12. The Kier molecular flexibility index (Phi) is 2.88. The molecular formula is C16H17BrN2O. The molecule has 1 atom stereocenters. The number of benzene rings is 1. The third kappa shape index (κ3) is 2.06. The van der Waals surface area contributed by atoms with E-state index >= 15 is 0 Å². The second-order valence-corrected chi connectivity index (χ2v) is 6.85. The van der Waals surface area contributed by atoms with E-state index in [1.807, 2.05) is 0 Å². The number of rotatable bonds is 2. The fourth-order valence-electron chi connectivity index (χ4n) is 3.21. The maximum Gasteiger partial charge on any atom is 0.223 e. The van der Waals surface area contributed by atoms with Gasteiger partial charge in [0.05, 0.1) is 6.04 Å². The van der Waals surface area contributed by atoms with Crippen LogP contribution in [0, 0.1) is 5.92 Å². The van der Waals surface area contributed by atoms with Gasteiger partial charge in [-0.3, -0.25) is 4.79 Å². The highest BCUT2D eigenvalue weighted by atomic mass is 79.9. The Labute approximate surface area is 126 Å². The molecule has 2 aliphatic carbocycles. The first-order valence-electron chi connectivity index (χ1n) is 7.33. The summed E-state index contributed by atoms with van der Waals surface area (Å²) in [6.45, 7) is 0. The second kappa shape index (κ2) is 4.62. The number of hydrogen-bond acceptors (Lipinski definition) is 1. The summed E-state index contributed by atoms with van der Waals surface area (Å²) < 4.78 is 1.11. The normalized spacial score (nSPS) is 21.8. The number of halogens is 1. The highest BCUT2D eigenvalue weighted by Gasteiger charge is 2.33. The summed E-state index contributed by atoms with van der Waals surface area (Å²) in [5.41, 5.74) is 3.78. The molecule has 1 fully saturated rings. The highest BCUT2D eigenvalue weighted by molar-refractivity contribution is 9.10. The Balaban J connectivity index is 1.72. The molecule has 3 nitrogen and oxygen atoms in total. The SMILES string of the molecule is O=C(NC1CCCc2c1[nH]c1ccc(Br)cc21)C1CC1. The molecule has 2 aliphatic rings. The summed E-state index contributed by atoms with van der Waals surface area (Å²) in [5.74, 6) is 0.515. The lowest BCUT2D eigenvalue weighted by Crippen LogP contribution is -2.32. The van der Waals surface area contributed by atoms with Crippen molar-refractivity contribution >= 4 is 32.7 Å². The minimum atomic E-state index is 0.165. The van der Waals surface area contributed by atoms with Crippen molar-refractivity contribution < 1.29 is 4.79 Å². The monoisotopic (exact) mass is 332 g/mol. The molecule has 2 N–H and O–H groups in total. The molecule has 0 saturated heterocycles. The summed E-state index contributed by atoms with van der Waals surface area (Å²) in [6.07, 6.45) is 5.40. The van der Waals surface area contributed by atoms with Crippen molar-refractivity contribution in [3.05, 3.63) is 33.9 Å². The lowest BCUT2D eigenvalue weighted by molar-refractivity contribution is -0.123. The number of carbonyl (C=O) groups is 1. The molecule has 0 bridgehead atoms. The van der Waals surface area contributed by atoms with Gasteiger partial charge in [-0.1, -0.05) is 15.9 Å². The van der Waals surface area contributed by atoms with Crippen LogP contribution in [0.3, 0.4) is 0 Å². The zero-order valence-electron chi connectivity index (χ0n) is 11.2. The zero-order valence-corrected chi connectivity index (χ0v) is 12.8. The number of amides is 1. The number of fused-ring (bicyclic) bond motifs is 3. The molecule has 1 saturated carbocycles. The van der Waals surface area contributed by atoms with E-state index in [9.17, 15) is 4.79 Å². The van der Waals surface area contributed by atoms with Gasteiger partial charge in [-0.25, -0.2) is 0 Å². The molecule has 1 unspecified atom stereocenters. The molecule has 20 heavy (non-hydrogen) atoms. The first kappa shape index (κ1) is 12.5. The lowest BCUT2D eigenvalue weighted by Gasteiger charge is -2.23. The largest absolute Gasteiger partial charge is 0.356 e. The molecule has 0 spiro atoms. The van der Waals surface area contributed by atoms with Crippen molar-refractivity contribution in [2.45, 2.75) is 38.1 Å². The van der Waals surface area contributed by atoms with Gasteiger partial charge in [0.1, 0.15) is 0 Å². The van der Waals surface area contributed by atoms with Crippen LogP contribution in [0.2, 0.25) is 0 Å². The Morgan fingerprint density at radius 2 is 2.15 bits per heavy atom. The van der Waals surface area contributed by atoms with Gasteiger partial charge in [0, 0.05) is 27.0 Å². The van der Waals surface area contributed by atoms with E-state index < -0.39 is 0 Å². The van der Waals surface area contributed by atoms with Crippen LogP contribution in [0.15, 0.2) is 22.7 Å². The van der Waals surface area contributed by atoms with Crippen LogP contribution in [-0.4, -0.2) is 10.9 Å². The van der Waals surface area contributed by atoms with E-state index in [-0.39, 0.29) is 17.9 Å². The topological polar surface area (TPSA) is 44.9 Å². The Morgan fingerprint density at radius 3 is 2.95 bits per heavy atom. The number of aryl methyl sites for hydroxylation is 1. The van der Waals surface area contributed by atoms with Crippen molar-refractivity contribution in [1.82, 2.24) is 10.3 Å². The van der Waals surface area contributed by atoms with Gasteiger partial charge in [0.25, 0.3) is 0 Å². The molecule has 4 heteroatoms. The fraction of sp³-hybridized carbons (Fsp3) is 0.438. The molecule has 0 aliphatic heterocycles. The van der Waals surface area contributed by atoms with E-state index in [2.05, 4.69) is 44.4 Å². The fourth-order valence-corrected chi connectivity index (χ4v) is 3.58. The van der Waals surface area contributed by atoms with Gasteiger partial charge < -0.3 is 10.3 Å².